The number of aliphatic hydroxyl groups is 2. The van der Waals surface area contributed by atoms with Gasteiger partial charge in [-0.3, -0.25) is 32.6 Å². The predicted octanol–water partition coefficient (Wildman–Crippen LogP) is 4.18. The van der Waals surface area contributed by atoms with E-state index in [0.717, 1.165) is 61.1 Å². The van der Waals surface area contributed by atoms with Gasteiger partial charge in [0.2, 0.25) is 11.8 Å². The average Bonchev–Trinajstić information content (AvgIpc) is 3.84. The zero-order valence-electron chi connectivity index (χ0n) is 38.7. The lowest BCUT2D eigenvalue weighted by Crippen LogP contribution is -2.46. The second-order valence-corrected chi connectivity index (χ2v) is 21.6. The number of phosphoric acid groups is 3. The fourth-order valence-electron chi connectivity index (χ4n) is 6.29. The number of ether oxygens (including phenoxy) is 1. The Morgan fingerprint density at radius 1 is 0.913 bits per heavy atom. The van der Waals surface area contributed by atoms with E-state index in [1.165, 1.54) is 33.1 Å². The highest BCUT2D eigenvalue weighted by molar-refractivity contribution is 8.13. The Bertz CT molecular complexity index is 2220. The molecule has 1 fully saturated rings. The van der Waals surface area contributed by atoms with E-state index in [9.17, 15) is 57.9 Å². The molecule has 0 radical (unpaired) electrons. The van der Waals surface area contributed by atoms with Crippen LogP contribution in [0.3, 0.4) is 0 Å². The molecule has 9 N–H and O–H groups in total. The SMILES string of the molecule is CCCCCC=CCC=CCC=CCC=CCCCC(=O)SCCNC(=O)CCNC(=O)[C@H](O)C(C)(C)COP(=O)(O)OP(=O)(O)OC[C@H]1O[C@@H](n2cnc3c(N)ncnc32)[C@H](O)[C@@H]1OP(=O)([O-])O. The minimum Gasteiger partial charge on any atom is -0.756 e. The summed E-state index contributed by atoms with van der Waals surface area (Å²) < 4.78 is 62.1. The average molecular weight is 1050 g/mol. The number of carbonyl (C=O) groups is 3. The van der Waals surface area contributed by atoms with E-state index >= 15 is 0 Å². The van der Waals surface area contributed by atoms with Crippen LogP contribution in [0.4, 0.5) is 5.82 Å². The van der Waals surface area contributed by atoms with Gasteiger partial charge in [-0.15, -0.1) is 0 Å². The van der Waals surface area contributed by atoms with Gasteiger partial charge in [0, 0.05) is 37.1 Å². The van der Waals surface area contributed by atoms with Crippen LogP contribution in [0.2, 0.25) is 0 Å². The Morgan fingerprint density at radius 2 is 1.54 bits per heavy atom. The van der Waals surface area contributed by atoms with Crippen molar-refractivity contribution in [3.8, 4) is 0 Å². The maximum Gasteiger partial charge on any atom is 0.481 e. The molecular formula is C41H65N7O17P3S-. The first-order chi connectivity index (χ1) is 32.6. The smallest absolute Gasteiger partial charge is 0.481 e. The highest BCUT2D eigenvalue weighted by Crippen LogP contribution is 2.61. The van der Waals surface area contributed by atoms with Crippen molar-refractivity contribution in [2.24, 2.45) is 5.41 Å². The van der Waals surface area contributed by atoms with Crippen molar-refractivity contribution >= 4 is 69.1 Å². The van der Waals surface area contributed by atoms with E-state index in [1.54, 1.807) is 0 Å². The van der Waals surface area contributed by atoms with Crippen LogP contribution >= 0.6 is 35.2 Å². The number of carbonyl (C=O) groups excluding carboxylic acids is 3. The summed E-state index contributed by atoms with van der Waals surface area (Å²) in [4.78, 5) is 90.3. The topological polar surface area (TPSA) is 366 Å². The summed E-state index contributed by atoms with van der Waals surface area (Å²) in [5.41, 5.74) is 4.23. The number of fused-ring (bicyclic) bond motifs is 1. The lowest BCUT2D eigenvalue weighted by Gasteiger charge is -2.30. The second kappa shape index (κ2) is 29.8. The summed E-state index contributed by atoms with van der Waals surface area (Å²) in [7, 11) is -16.7. The van der Waals surface area contributed by atoms with Gasteiger partial charge in [0.1, 0.15) is 36.3 Å². The molecule has 3 rings (SSSR count). The van der Waals surface area contributed by atoms with E-state index in [0.29, 0.717) is 18.6 Å². The molecule has 0 saturated carbocycles. The maximum atomic E-state index is 12.7. The van der Waals surface area contributed by atoms with Gasteiger partial charge in [0.05, 0.1) is 19.5 Å². The number of allylic oxidation sites excluding steroid dienone is 8. The molecule has 28 heteroatoms. The first kappa shape index (κ1) is 59.8. The molecule has 2 aromatic heterocycles. The normalized spacial score (nSPS) is 21.0. The van der Waals surface area contributed by atoms with Crippen LogP contribution < -0.4 is 21.3 Å². The van der Waals surface area contributed by atoms with Crippen LogP contribution in [0.25, 0.3) is 11.2 Å². The molecule has 3 heterocycles. The van der Waals surface area contributed by atoms with Crippen LogP contribution in [-0.4, -0.2) is 118 Å². The number of nitrogens with two attached hydrogens (primary N) is 1. The highest BCUT2D eigenvalue weighted by atomic mass is 32.2. The molecule has 0 spiro atoms. The molecule has 1 saturated heterocycles. The van der Waals surface area contributed by atoms with Crippen molar-refractivity contribution in [1.82, 2.24) is 30.2 Å². The van der Waals surface area contributed by atoms with E-state index < -0.39 is 84.6 Å². The highest BCUT2D eigenvalue weighted by Gasteiger charge is 2.49. The predicted molar refractivity (Wildman–Crippen MR) is 253 cm³/mol. The number of phosphoric ester groups is 3. The molecule has 2 amide bonds. The summed E-state index contributed by atoms with van der Waals surface area (Å²) in [5.74, 6) is -1.11. The van der Waals surface area contributed by atoms with Gasteiger partial charge in [-0.1, -0.05) is 94.0 Å². The summed E-state index contributed by atoms with van der Waals surface area (Å²) in [6.07, 6.45) is 19.5. The number of nitrogens with one attached hydrogen (secondary N) is 2. The van der Waals surface area contributed by atoms with Gasteiger partial charge in [-0.25, -0.2) is 24.1 Å². The van der Waals surface area contributed by atoms with Crippen LogP contribution in [0, 0.1) is 5.41 Å². The van der Waals surface area contributed by atoms with Crippen LogP contribution in [0.15, 0.2) is 61.3 Å². The lowest BCUT2D eigenvalue weighted by molar-refractivity contribution is -0.228. The Hall–Kier alpha value is -3.48. The van der Waals surface area contributed by atoms with Crippen molar-refractivity contribution in [1.29, 1.82) is 0 Å². The molecule has 1 aliphatic rings. The van der Waals surface area contributed by atoms with E-state index in [1.807, 2.05) is 0 Å². The minimum atomic E-state index is -5.60. The minimum absolute atomic E-state index is 0.00944. The number of imidazole rings is 1. The number of amides is 2. The van der Waals surface area contributed by atoms with E-state index in [4.69, 9.17) is 19.5 Å². The number of unbranched alkanes of at least 4 members (excludes halogenated alkanes) is 4. The van der Waals surface area contributed by atoms with Crippen LogP contribution in [-0.2, 0) is 50.7 Å². The number of hydrogen-bond donors (Lipinski definition) is 8. The quantitative estimate of drug-likeness (QED) is 0.0282. The fourth-order valence-corrected chi connectivity index (χ4v) is 9.83. The molecule has 2 aromatic rings. The first-order valence-corrected chi connectivity index (χ1v) is 27.7. The summed E-state index contributed by atoms with van der Waals surface area (Å²) in [5, 5.41) is 26.5. The Kier molecular flexibility index (Phi) is 25.8. The van der Waals surface area contributed by atoms with Crippen molar-refractivity contribution in [3.05, 3.63) is 61.3 Å². The van der Waals surface area contributed by atoms with Crippen molar-refractivity contribution < 1.29 is 80.5 Å². The number of aromatic nitrogens is 4. The molecule has 0 aliphatic carbocycles. The molecule has 0 aromatic carbocycles. The number of rotatable bonds is 33. The molecule has 69 heavy (non-hydrogen) atoms. The van der Waals surface area contributed by atoms with E-state index in [-0.39, 0.29) is 41.6 Å². The third-order valence-corrected chi connectivity index (χ3v) is 14.0. The lowest BCUT2D eigenvalue weighted by atomic mass is 9.87. The van der Waals surface area contributed by atoms with Gasteiger partial charge < -0.3 is 55.4 Å². The summed E-state index contributed by atoms with van der Waals surface area (Å²) in [6.45, 7) is 2.66. The number of aliphatic hydroxyl groups excluding tert-OH is 2. The van der Waals surface area contributed by atoms with Crippen molar-refractivity contribution in [2.45, 2.75) is 122 Å². The Labute approximate surface area is 405 Å². The van der Waals surface area contributed by atoms with Crippen LogP contribution in [0.5, 0.6) is 0 Å². The van der Waals surface area contributed by atoms with Crippen LogP contribution in [0.1, 0.15) is 97.6 Å². The zero-order valence-corrected chi connectivity index (χ0v) is 42.2. The van der Waals surface area contributed by atoms with E-state index in [2.05, 4.69) is 90.0 Å². The number of anilines is 1. The van der Waals surface area contributed by atoms with Gasteiger partial charge in [0.15, 0.2) is 22.8 Å². The largest absolute Gasteiger partial charge is 0.756 e. The third-order valence-electron chi connectivity index (χ3n) is 9.97. The molecule has 388 valence electrons. The van der Waals surface area contributed by atoms with Crippen molar-refractivity contribution in [3.63, 3.8) is 0 Å². The number of hydrogen-bond acceptors (Lipinski definition) is 19. The summed E-state index contributed by atoms with van der Waals surface area (Å²) in [6, 6.07) is 0. The Morgan fingerprint density at radius 3 is 2.17 bits per heavy atom. The maximum absolute atomic E-state index is 12.7. The van der Waals surface area contributed by atoms with Gasteiger partial charge in [-0.05, 0) is 44.9 Å². The first-order valence-electron chi connectivity index (χ1n) is 22.2. The molecular weight excluding hydrogens is 987 g/mol. The molecule has 0 bridgehead atoms. The Balaban J connectivity index is 1.31. The third kappa shape index (κ3) is 22.6. The zero-order chi connectivity index (χ0) is 51.1. The summed E-state index contributed by atoms with van der Waals surface area (Å²) >= 11 is 1.11. The molecule has 1 aliphatic heterocycles. The second-order valence-electron chi connectivity index (χ2n) is 16.2. The number of nitrogen functional groups attached to an aromatic ring is 1. The van der Waals surface area contributed by atoms with Crippen molar-refractivity contribution in [2.75, 3.05) is 37.8 Å². The fraction of sp³-hybridized carbons (Fsp3) is 0.610. The van der Waals surface area contributed by atoms with Gasteiger partial charge >= 0.3 is 15.6 Å². The molecule has 8 atom stereocenters. The molecule has 3 unspecified atom stereocenters. The van der Waals surface area contributed by atoms with Gasteiger partial charge in [0.25, 0.3) is 7.82 Å². The standard InChI is InChI=1S/C41H66N7O17P3S/c1-4-5-6-7-8-9-10-11-12-13-14-15-16-17-18-19-20-21-32(50)69-25-24-43-31(49)22-23-44-39(53)36(52)41(2,3)27-62-68(59,60)65-67(57,58)61-26-30-35(64-66(54,55)56)34(51)40(63-30)48-29-47-33-37(42)45-28-46-38(33)48/h8-9,11-12,14-15,17-18,28-30,34-36,40,51-52H,4-7,10,13,16,19-27H2,1-3H3,(H,43,49)(H,44,53)(H,57,58)(H,59,60)(H2,42,45,46)(H2,54,55,56)/p-1/t30-,34-,35-,36+,40-/m1/s1. The van der Waals surface area contributed by atoms with Gasteiger partial charge in [-0.2, -0.15) is 4.31 Å². The number of nitrogens with zero attached hydrogens (tertiary/aromatic N) is 4. The molecule has 24 nitrogen and oxygen atoms in total. The number of thioether (sulfide) groups is 1. The monoisotopic (exact) mass is 1050 g/mol.